The molecule has 3 aromatic rings. The van der Waals surface area contributed by atoms with Gasteiger partial charge in [0, 0.05) is 28.4 Å². The highest BCUT2D eigenvalue weighted by molar-refractivity contribution is 7.94. The fourth-order valence-electron chi connectivity index (χ4n) is 2.41. The van der Waals surface area contributed by atoms with Crippen molar-refractivity contribution in [2.75, 3.05) is 5.32 Å². The molecule has 0 bridgehead atoms. The minimum atomic E-state index is -4.17. The SMILES string of the molecule is O=C(Nc1ccc(Cl)c(S(=O)(=O)[N-]c2ccc(Cl)cc2)c1)c1ccc([N+](=O)[O-])cc1. The zero-order valence-corrected chi connectivity index (χ0v) is 17.3. The molecule has 0 aliphatic carbocycles. The van der Waals surface area contributed by atoms with E-state index in [1.165, 1.54) is 66.7 Å². The molecule has 11 heteroatoms. The van der Waals surface area contributed by atoms with Gasteiger partial charge in [0.05, 0.1) is 14.8 Å². The molecule has 0 unspecified atom stereocenters. The maximum atomic E-state index is 12.7. The van der Waals surface area contributed by atoms with Gasteiger partial charge in [0.15, 0.2) is 0 Å². The third kappa shape index (κ3) is 5.07. The molecule has 3 aromatic carbocycles. The highest BCUT2D eigenvalue weighted by Gasteiger charge is 2.14. The summed E-state index contributed by atoms with van der Waals surface area (Å²) >= 11 is 11.8. The number of carbonyl (C=O) groups is 1. The van der Waals surface area contributed by atoms with Crippen LogP contribution in [0.3, 0.4) is 0 Å². The quantitative estimate of drug-likeness (QED) is 0.378. The number of halogens is 2. The first kappa shape index (κ1) is 21.6. The Morgan fingerprint density at radius 1 is 0.967 bits per heavy atom. The summed E-state index contributed by atoms with van der Waals surface area (Å²) < 4.78 is 29.0. The summed E-state index contributed by atoms with van der Waals surface area (Å²) in [5.41, 5.74) is 0.324. The van der Waals surface area contributed by atoms with Crippen LogP contribution in [0.5, 0.6) is 0 Å². The lowest BCUT2D eigenvalue weighted by Gasteiger charge is -2.23. The van der Waals surface area contributed by atoms with Gasteiger partial charge in [-0.1, -0.05) is 35.3 Å². The van der Waals surface area contributed by atoms with E-state index in [2.05, 4.69) is 10.0 Å². The molecule has 0 saturated heterocycles. The van der Waals surface area contributed by atoms with Crippen LogP contribution in [0.4, 0.5) is 17.1 Å². The monoisotopic (exact) mass is 464 g/mol. The van der Waals surface area contributed by atoms with E-state index < -0.39 is 20.9 Å². The molecule has 0 atom stereocenters. The van der Waals surface area contributed by atoms with Crippen molar-refractivity contribution >= 4 is 56.2 Å². The minimum absolute atomic E-state index is 0.0685. The van der Waals surface area contributed by atoms with Crippen molar-refractivity contribution in [1.29, 1.82) is 0 Å². The van der Waals surface area contributed by atoms with Crippen molar-refractivity contribution < 1.29 is 18.1 Å². The lowest BCUT2D eigenvalue weighted by Crippen LogP contribution is -2.12. The molecule has 1 amide bonds. The maximum Gasteiger partial charge on any atom is 0.269 e. The van der Waals surface area contributed by atoms with Crippen LogP contribution in [-0.4, -0.2) is 19.2 Å². The number of anilines is 1. The molecule has 154 valence electrons. The van der Waals surface area contributed by atoms with Gasteiger partial charge < -0.3 is 10.0 Å². The first-order chi connectivity index (χ1) is 14.2. The van der Waals surface area contributed by atoms with E-state index in [1.54, 1.807) is 0 Å². The Labute approximate surface area is 181 Å². The third-order valence-electron chi connectivity index (χ3n) is 3.86. The molecule has 0 spiro atoms. The molecule has 0 heterocycles. The zero-order valence-electron chi connectivity index (χ0n) is 15.0. The number of nitrogens with zero attached hydrogens (tertiary/aromatic N) is 2. The zero-order chi connectivity index (χ0) is 21.9. The molecule has 8 nitrogen and oxygen atoms in total. The number of benzene rings is 3. The van der Waals surface area contributed by atoms with Crippen molar-refractivity contribution in [1.82, 2.24) is 0 Å². The topological polar surface area (TPSA) is 120 Å². The van der Waals surface area contributed by atoms with Crippen LogP contribution in [0.25, 0.3) is 4.72 Å². The lowest BCUT2D eigenvalue weighted by molar-refractivity contribution is -0.384. The number of nitrogens with one attached hydrogen (secondary N) is 1. The molecule has 0 radical (unpaired) electrons. The molecule has 0 saturated carbocycles. The van der Waals surface area contributed by atoms with Crippen LogP contribution in [0, 0.1) is 10.1 Å². The fraction of sp³-hybridized carbons (Fsp3) is 0. The number of hydrogen-bond donors (Lipinski definition) is 1. The lowest BCUT2D eigenvalue weighted by atomic mass is 10.2. The van der Waals surface area contributed by atoms with Gasteiger partial charge in [-0.25, -0.2) is 8.42 Å². The van der Waals surface area contributed by atoms with Crippen molar-refractivity contribution in [2.45, 2.75) is 4.90 Å². The number of nitro groups is 1. The van der Waals surface area contributed by atoms with Crippen molar-refractivity contribution in [3.8, 4) is 0 Å². The number of nitro benzene ring substituents is 1. The first-order valence-electron chi connectivity index (χ1n) is 8.25. The normalized spacial score (nSPS) is 11.0. The van der Waals surface area contributed by atoms with Crippen LogP contribution >= 0.6 is 23.2 Å². The van der Waals surface area contributed by atoms with Crippen LogP contribution < -0.4 is 5.32 Å². The summed E-state index contributed by atoms with van der Waals surface area (Å²) in [6, 6.07) is 14.8. The average molecular weight is 465 g/mol. The summed E-state index contributed by atoms with van der Waals surface area (Å²) in [5, 5.41) is 13.6. The summed E-state index contributed by atoms with van der Waals surface area (Å²) in [4.78, 5) is 22.2. The Morgan fingerprint density at radius 2 is 1.60 bits per heavy atom. The molecule has 3 rings (SSSR count). The number of rotatable bonds is 6. The van der Waals surface area contributed by atoms with Gasteiger partial charge in [-0.15, -0.1) is 5.69 Å². The Morgan fingerprint density at radius 3 is 2.20 bits per heavy atom. The average Bonchev–Trinajstić information content (AvgIpc) is 2.71. The smallest absolute Gasteiger partial charge is 0.269 e. The number of sulfonamides is 1. The summed E-state index contributed by atoms with van der Waals surface area (Å²) in [6.45, 7) is 0. The van der Waals surface area contributed by atoms with E-state index in [4.69, 9.17) is 23.2 Å². The standard InChI is InChI=1S/C19H12Cl2N3O5S/c20-13-3-5-14(6-4-13)23-30(28,29)18-11-15(7-10-17(18)21)22-19(25)12-1-8-16(9-2-12)24(26)27/h1-11H,(H,22,25)/q-1. The molecular formula is C19H12Cl2N3O5S-. The number of carbonyl (C=O) groups excluding carboxylic acids is 1. The molecule has 1 N–H and O–H groups in total. The Kier molecular flexibility index (Phi) is 6.25. The number of non-ortho nitro benzene ring substituents is 1. The predicted molar refractivity (Wildman–Crippen MR) is 114 cm³/mol. The van der Waals surface area contributed by atoms with Crippen LogP contribution in [0.2, 0.25) is 10.0 Å². The van der Waals surface area contributed by atoms with E-state index in [0.29, 0.717) is 5.02 Å². The Bertz CT molecular complexity index is 1210. The van der Waals surface area contributed by atoms with Gasteiger partial charge in [0.1, 0.15) is 10.0 Å². The maximum absolute atomic E-state index is 12.7. The van der Waals surface area contributed by atoms with Gasteiger partial charge in [-0.3, -0.25) is 14.9 Å². The number of hydrogen-bond acceptors (Lipinski definition) is 5. The molecule has 0 aromatic heterocycles. The Hall–Kier alpha value is -3.14. The summed E-state index contributed by atoms with van der Waals surface area (Å²) in [6.07, 6.45) is 0. The predicted octanol–water partition coefficient (Wildman–Crippen LogP) is 5.55. The van der Waals surface area contributed by atoms with Gasteiger partial charge in [0.2, 0.25) is 0 Å². The van der Waals surface area contributed by atoms with Gasteiger partial charge >= 0.3 is 0 Å². The van der Waals surface area contributed by atoms with E-state index in [-0.39, 0.29) is 32.5 Å². The van der Waals surface area contributed by atoms with Crippen molar-refractivity contribution in [3.05, 3.63) is 97.2 Å². The molecule has 0 aliphatic heterocycles. The van der Waals surface area contributed by atoms with Gasteiger partial charge in [-0.2, -0.15) is 0 Å². The van der Waals surface area contributed by atoms with E-state index in [0.717, 1.165) is 0 Å². The fourth-order valence-corrected chi connectivity index (χ4v) is 4.03. The largest absolute Gasteiger partial charge is 0.573 e. The van der Waals surface area contributed by atoms with Crippen LogP contribution in [0.15, 0.2) is 71.6 Å². The molecule has 30 heavy (non-hydrogen) atoms. The summed E-state index contributed by atoms with van der Waals surface area (Å²) in [7, 11) is -4.17. The second-order valence-electron chi connectivity index (χ2n) is 5.95. The molecule has 0 fully saturated rings. The van der Waals surface area contributed by atoms with Crippen molar-refractivity contribution in [2.24, 2.45) is 0 Å². The van der Waals surface area contributed by atoms with Crippen LogP contribution in [0.1, 0.15) is 10.4 Å². The highest BCUT2D eigenvalue weighted by atomic mass is 35.5. The summed E-state index contributed by atoms with van der Waals surface area (Å²) in [5.74, 6) is -0.579. The third-order valence-corrected chi connectivity index (χ3v) is 5.90. The van der Waals surface area contributed by atoms with Crippen LogP contribution in [-0.2, 0) is 10.0 Å². The van der Waals surface area contributed by atoms with Gasteiger partial charge in [-0.05, 0) is 42.5 Å². The second-order valence-corrected chi connectivity index (χ2v) is 8.36. The minimum Gasteiger partial charge on any atom is -0.573 e. The van der Waals surface area contributed by atoms with E-state index in [9.17, 15) is 23.3 Å². The molecule has 0 aliphatic rings. The Balaban J connectivity index is 1.82. The van der Waals surface area contributed by atoms with E-state index >= 15 is 0 Å². The molecular weight excluding hydrogens is 453 g/mol. The van der Waals surface area contributed by atoms with E-state index in [1.807, 2.05) is 0 Å². The number of amides is 1. The highest BCUT2D eigenvalue weighted by Crippen LogP contribution is 2.33. The van der Waals surface area contributed by atoms with Gasteiger partial charge in [0.25, 0.3) is 11.6 Å². The first-order valence-corrected chi connectivity index (χ1v) is 10.4. The van der Waals surface area contributed by atoms with Crippen molar-refractivity contribution in [3.63, 3.8) is 0 Å². The second kappa shape index (κ2) is 8.70.